The molecule has 0 aliphatic heterocycles. The predicted octanol–water partition coefficient (Wildman–Crippen LogP) is 2.13. The van der Waals surface area contributed by atoms with Gasteiger partial charge in [0.1, 0.15) is 6.54 Å². The maximum atomic E-state index is 12.7. The molecule has 122 valence electrons. The number of nitrogens with zero attached hydrogens (tertiary/aromatic N) is 1. The standard InChI is InChI=1S/C10H12F6N2O3/c1-8(6(19)20,10(14,15)16)17-7(21)18(5-2-3-5)4-9(11,12)13/h5H,2-4H2,1H3,(H,17,21)(H,19,20). The van der Waals surface area contributed by atoms with Crippen molar-refractivity contribution in [2.24, 2.45) is 0 Å². The van der Waals surface area contributed by atoms with Crippen LogP contribution in [0.5, 0.6) is 0 Å². The fraction of sp³-hybridized carbons (Fsp3) is 0.800. The largest absolute Gasteiger partial charge is 0.479 e. The van der Waals surface area contributed by atoms with E-state index in [1.165, 1.54) is 0 Å². The first-order chi connectivity index (χ1) is 9.28. The molecule has 1 saturated carbocycles. The van der Waals surface area contributed by atoms with E-state index in [1.54, 1.807) is 0 Å². The minimum atomic E-state index is -5.36. The lowest BCUT2D eigenvalue weighted by Gasteiger charge is -2.32. The Kier molecular flexibility index (Phi) is 4.35. The zero-order valence-corrected chi connectivity index (χ0v) is 10.7. The van der Waals surface area contributed by atoms with Crippen LogP contribution in [0.15, 0.2) is 0 Å². The summed E-state index contributed by atoms with van der Waals surface area (Å²) < 4.78 is 75.0. The molecule has 1 fully saturated rings. The monoisotopic (exact) mass is 322 g/mol. The molecule has 0 spiro atoms. The topological polar surface area (TPSA) is 69.6 Å². The molecule has 21 heavy (non-hydrogen) atoms. The van der Waals surface area contributed by atoms with E-state index in [-0.39, 0.29) is 24.7 Å². The number of carbonyl (C=O) groups is 2. The van der Waals surface area contributed by atoms with Crippen molar-refractivity contribution in [1.29, 1.82) is 0 Å². The first-order valence-corrected chi connectivity index (χ1v) is 5.73. The Labute approximate surface area is 114 Å². The second-order valence-corrected chi connectivity index (χ2v) is 4.83. The number of carboxylic acid groups (broad SMARTS) is 1. The summed E-state index contributed by atoms with van der Waals surface area (Å²) in [6, 6.07) is -2.55. The lowest BCUT2D eigenvalue weighted by Crippen LogP contribution is -2.64. The number of aliphatic carboxylic acids is 1. The van der Waals surface area contributed by atoms with Gasteiger partial charge < -0.3 is 15.3 Å². The van der Waals surface area contributed by atoms with E-state index in [2.05, 4.69) is 0 Å². The van der Waals surface area contributed by atoms with E-state index in [4.69, 9.17) is 5.11 Å². The van der Waals surface area contributed by atoms with Crippen molar-refractivity contribution in [3.8, 4) is 0 Å². The molecule has 0 saturated heterocycles. The molecule has 0 aromatic rings. The van der Waals surface area contributed by atoms with Crippen LogP contribution in [0, 0.1) is 0 Å². The smallest absolute Gasteiger partial charge is 0.422 e. The third-order valence-electron chi connectivity index (χ3n) is 2.95. The van der Waals surface area contributed by atoms with E-state index >= 15 is 0 Å². The SMILES string of the molecule is CC(NC(=O)N(CC(F)(F)F)C1CC1)(C(=O)O)C(F)(F)F. The first-order valence-electron chi connectivity index (χ1n) is 5.73. The highest BCUT2D eigenvalue weighted by molar-refractivity contribution is 5.87. The minimum absolute atomic E-state index is 0.173. The molecule has 1 atom stereocenters. The number of hydrogen-bond donors (Lipinski definition) is 2. The molecule has 1 aliphatic rings. The van der Waals surface area contributed by atoms with Crippen LogP contribution in [0.3, 0.4) is 0 Å². The van der Waals surface area contributed by atoms with Crippen molar-refractivity contribution >= 4 is 12.0 Å². The van der Waals surface area contributed by atoms with E-state index < -0.39 is 42.5 Å². The Morgan fingerprint density at radius 1 is 1.19 bits per heavy atom. The average molecular weight is 322 g/mol. The molecule has 2 N–H and O–H groups in total. The summed E-state index contributed by atoms with van der Waals surface area (Å²) in [4.78, 5) is 22.5. The molecule has 1 aliphatic carbocycles. The second-order valence-electron chi connectivity index (χ2n) is 4.83. The van der Waals surface area contributed by atoms with Crippen molar-refractivity contribution in [1.82, 2.24) is 10.2 Å². The highest BCUT2D eigenvalue weighted by atomic mass is 19.4. The fourth-order valence-corrected chi connectivity index (χ4v) is 1.48. The quantitative estimate of drug-likeness (QED) is 0.779. The third-order valence-corrected chi connectivity index (χ3v) is 2.95. The maximum Gasteiger partial charge on any atom is 0.422 e. The molecule has 0 heterocycles. The fourth-order valence-electron chi connectivity index (χ4n) is 1.48. The van der Waals surface area contributed by atoms with Gasteiger partial charge in [-0.05, 0) is 19.8 Å². The molecule has 1 rings (SSSR count). The molecular weight excluding hydrogens is 310 g/mol. The number of amides is 2. The molecule has 0 aromatic heterocycles. The summed E-state index contributed by atoms with van der Waals surface area (Å²) in [5.74, 6) is -2.41. The molecule has 0 aromatic carbocycles. The van der Waals surface area contributed by atoms with Gasteiger partial charge >= 0.3 is 24.4 Å². The highest BCUT2D eigenvalue weighted by Crippen LogP contribution is 2.33. The van der Waals surface area contributed by atoms with E-state index in [1.807, 2.05) is 0 Å². The van der Waals surface area contributed by atoms with E-state index in [0.717, 1.165) is 5.32 Å². The molecule has 0 radical (unpaired) electrons. The normalized spacial score (nSPS) is 18.8. The molecule has 1 unspecified atom stereocenters. The zero-order valence-electron chi connectivity index (χ0n) is 10.7. The van der Waals surface area contributed by atoms with Gasteiger partial charge in [0, 0.05) is 6.04 Å². The van der Waals surface area contributed by atoms with Crippen molar-refractivity contribution in [2.75, 3.05) is 6.54 Å². The van der Waals surface area contributed by atoms with Crippen LogP contribution in [-0.4, -0.2) is 52.5 Å². The molecule has 5 nitrogen and oxygen atoms in total. The van der Waals surface area contributed by atoms with Gasteiger partial charge in [0.25, 0.3) is 0 Å². The van der Waals surface area contributed by atoms with Crippen LogP contribution in [0.25, 0.3) is 0 Å². The van der Waals surface area contributed by atoms with Crippen LogP contribution in [0.4, 0.5) is 31.1 Å². The third kappa shape index (κ3) is 4.14. The Hall–Kier alpha value is -1.68. The molecule has 0 bridgehead atoms. The van der Waals surface area contributed by atoms with Gasteiger partial charge in [-0.2, -0.15) is 26.3 Å². The Morgan fingerprint density at radius 3 is 1.95 bits per heavy atom. The van der Waals surface area contributed by atoms with Gasteiger partial charge in [-0.15, -0.1) is 0 Å². The van der Waals surface area contributed by atoms with Gasteiger partial charge in [0.05, 0.1) is 0 Å². The maximum absolute atomic E-state index is 12.7. The average Bonchev–Trinajstić information content (AvgIpc) is 3.06. The van der Waals surface area contributed by atoms with Crippen molar-refractivity contribution in [3.05, 3.63) is 0 Å². The van der Waals surface area contributed by atoms with Crippen LogP contribution in [0.1, 0.15) is 19.8 Å². The predicted molar refractivity (Wildman–Crippen MR) is 56.4 cm³/mol. The van der Waals surface area contributed by atoms with E-state index in [9.17, 15) is 35.9 Å². The zero-order chi connectivity index (χ0) is 16.6. The van der Waals surface area contributed by atoms with Crippen LogP contribution in [-0.2, 0) is 4.79 Å². The number of carboxylic acids is 1. The Balaban J connectivity index is 2.92. The number of nitrogens with one attached hydrogen (secondary N) is 1. The highest BCUT2D eigenvalue weighted by Gasteiger charge is 2.59. The van der Waals surface area contributed by atoms with Crippen LogP contribution in [0.2, 0.25) is 0 Å². The molecule has 11 heteroatoms. The van der Waals surface area contributed by atoms with Gasteiger partial charge in [-0.1, -0.05) is 0 Å². The summed E-state index contributed by atoms with van der Waals surface area (Å²) >= 11 is 0. The second kappa shape index (κ2) is 5.26. The van der Waals surface area contributed by atoms with Gasteiger partial charge in [-0.3, -0.25) is 0 Å². The Morgan fingerprint density at radius 2 is 1.67 bits per heavy atom. The first kappa shape index (κ1) is 17.4. The van der Waals surface area contributed by atoms with E-state index in [0.29, 0.717) is 0 Å². The molecule has 2 amide bonds. The summed E-state index contributed by atoms with van der Waals surface area (Å²) in [6.07, 6.45) is -9.71. The summed E-state index contributed by atoms with van der Waals surface area (Å²) in [6.45, 7) is -1.57. The van der Waals surface area contributed by atoms with Crippen molar-refractivity contribution < 1.29 is 41.0 Å². The summed E-state index contributed by atoms with van der Waals surface area (Å²) in [7, 11) is 0. The van der Waals surface area contributed by atoms with Gasteiger partial charge in [0.15, 0.2) is 0 Å². The van der Waals surface area contributed by atoms with Gasteiger partial charge in [-0.25, -0.2) is 9.59 Å². The minimum Gasteiger partial charge on any atom is -0.479 e. The number of alkyl halides is 6. The van der Waals surface area contributed by atoms with Crippen molar-refractivity contribution in [2.45, 2.75) is 43.7 Å². The van der Waals surface area contributed by atoms with Crippen LogP contribution < -0.4 is 5.32 Å². The number of carbonyl (C=O) groups excluding carboxylic acids is 1. The number of halogens is 6. The lowest BCUT2D eigenvalue weighted by molar-refractivity contribution is -0.203. The summed E-state index contributed by atoms with van der Waals surface area (Å²) in [5, 5.41) is 9.75. The summed E-state index contributed by atoms with van der Waals surface area (Å²) in [5.41, 5.74) is -3.66. The molecular formula is C10H12F6N2O3. The number of urea groups is 1. The van der Waals surface area contributed by atoms with Crippen LogP contribution >= 0.6 is 0 Å². The Bertz CT molecular complexity index is 431. The van der Waals surface area contributed by atoms with Gasteiger partial charge in [0.2, 0.25) is 5.54 Å². The lowest BCUT2D eigenvalue weighted by atomic mass is 10.0. The van der Waals surface area contributed by atoms with Crippen molar-refractivity contribution in [3.63, 3.8) is 0 Å². The number of hydrogen-bond acceptors (Lipinski definition) is 2. The number of rotatable bonds is 4.